The van der Waals surface area contributed by atoms with Crippen molar-refractivity contribution in [1.29, 1.82) is 0 Å². The lowest BCUT2D eigenvalue weighted by molar-refractivity contribution is -0.140. The number of rotatable bonds is 1. The number of alkyl halides is 3. The third kappa shape index (κ3) is 2.62. The van der Waals surface area contributed by atoms with Crippen molar-refractivity contribution >= 4 is 5.91 Å². The summed E-state index contributed by atoms with van der Waals surface area (Å²) in [5, 5.41) is 3.22. The third-order valence-electron chi connectivity index (χ3n) is 4.20. The maximum Gasteiger partial charge on any atom is 0.419 e. The molecule has 2 unspecified atom stereocenters. The SMILES string of the molecule is O=C(c1ccc(F)c(C(F)(F)F)c1)N1CC2CNCC2C1. The maximum atomic E-state index is 13.2. The maximum absolute atomic E-state index is 13.2. The topological polar surface area (TPSA) is 32.3 Å². The summed E-state index contributed by atoms with van der Waals surface area (Å²) in [6.45, 7) is 2.72. The minimum atomic E-state index is -4.80. The molecular formula is C14H14F4N2O. The number of nitrogens with one attached hydrogen (secondary N) is 1. The lowest BCUT2D eigenvalue weighted by Crippen LogP contribution is -2.32. The minimum absolute atomic E-state index is 0.114. The molecule has 7 heteroatoms. The van der Waals surface area contributed by atoms with Gasteiger partial charge < -0.3 is 10.2 Å². The summed E-state index contributed by atoms with van der Waals surface area (Å²) in [6.07, 6.45) is -4.80. The molecule has 0 aliphatic carbocycles. The molecule has 3 rings (SSSR count). The zero-order chi connectivity index (χ0) is 15.2. The second-order valence-electron chi connectivity index (χ2n) is 5.58. The molecule has 1 aromatic carbocycles. The van der Waals surface area contributed by atoms with E-state index in [9.17, 15) is 22.4 Å². The molecule has 1 amide bonds. The Balaban J connectivity index is 1.82. The molecule has 2 atom stereocenters. The molecule has 2 fully saturated rings. The minimum Gasteiger partial charge on any atom is -0.338 e. The van der Waals surface area contributed by atoms with Gasteiger partial charge in [-0.15, -0.1) is 0 Å². The van der Waals surface area contributed by atoms with Gasteiger partial charge >= 0.3 is 6.18 Å². The van der Waals surface area contributed by atoms with Crippen molar-refractivity contribution in [2.24, 2.45) is 11.8 Å². The molecule has 0 bridgehead atoms. The van der Waals surface area contributed by atoms with Crippen LogP contribution < -0.4 is 5.32 Å². The highest BCUT2D eigenvalue weighted by atomic mass is 19.4. The molecule has 2 aliphatic heterocycles. The quantitative estimate of drug-likeness (QED) is 0.806. The van der Waals surface area contributed by atoms with Crippen molar-refractivity contribution in [3.63, 3.8) is 0 Å². The van der Waals surface area contributed by atoms with Crippen molar-refractivity contribution in [2.45, 2.75) is 6.18 Å². The van der Waals surface area contributed by atoms with Gasteiger partial charge in [0.2, 0.25) is 0 Å². The molecule has 114 valence electrons. The van der Waals surface area contributed by atoms with Gasteiger partial charge in [-0.2, -0.15) is 13.2 Å². The second kappa shape index (κ2) is 4.98. The van der Waals surface area contributed by atoms with E-state index in [1.165, 1.54) is 0 Å². The first-order valence-electron chi connectivity index (χ1n) is 6.73. The molecule has 2 saturated heterocycles. The van der Waals surface area contributed by atoms with Crippen molar-refractivity contribution in [1.82, 2.24) is 10.2 Å². The Kier molecular flexibility index (Phi) is 3.39. The van der Waals surface area contributed by atoms with E-state index in [0.717, 1.165) is 19.2 Å². The second-order valence-corrected chi connectivity index (χ2v) is 5.58. The lowest BCUT2D eigenvalue weighted by atomic mass is 10.0. The van der Waals surface area contributed by atoms with Crippen LogP contribution in [-0.2, 0) is 6.18 Å². The molecular weight excluding hydrogens is 288 g/mol. The van der Waals surface area contributed by atoms with Crippen molar-refractivity contribution in [3.05, 3.63) is 35.1 Å². The fourth-order valence-electron chi connectivity index (χ4n) is 3.08. The fraction of sp³-hybridized carbons (Fsp3) is 0.500. The van der Waals surface area contributed by atoms with Crippen LogP contribution in [0.25, 0.3) is 0 Å². The highest BCUT2D eigenvalue weighted by Gasteiger charge is 2.39. The Hall–Kier alpha value is -1.63. The summed E-state index contributed by atoms with van der Waals surface area (Å²) >= 11 is 0. The first-order chi connectivity index (χ1) is 9.86. The van der Waals surface area contributed by atoms with Gasteiger partial charge in [-0.3, -0.25) is 4.79 Å². The summed E-state index contributed by atoms with van der Waals surface area (Å²) in [5.41, 5.74) is -1.51. The normalized spacial score (nSPS) is 25.2. The first-order valence-corrected chi connectivity index (χ1v) is 6.73. The smallest absolute Gasteiger partial charge is 0.338 e. The zero-order valence-corrected chi connectivity index (χ0v) is 11.1. The molecule has 1 N–H and O–H groups in total. The number of carbonyl (C=O) groups is 1. The van der Waals surface area contributed by atoms with Gasteiger partial charge in [0.05, 0.1) is 5.56 Å². The predicted molar refractivity (Wildman–Crippen MR) is 67.2 cm³/mol. The van der Waals surface area contributed by atoms with Crippen LogP contribution in [0, 0.1) is 17.7 Å². The Morgan fingerprint density at radius 2 is 1.81 bits per heavy atom. The summed E-state index contributed by atoms with van der Waals surface area (Å²) in [7, 11) is 0. The number of fused-ring (bicyclic) bond motifs is 1. The molecule has 0 spiro atoms. The Morgan fingerprint density at radius 3 is 2.38 bits per heavy atom. The summed E-state index contributed by atoms with van der Waals surface area (Å²) in [5.74, 6) is -1.11. The molecule has 2 aliphatic rings. The molecule has 1 aromatic rings. The van der Waals surface area contributed by atoms with Gasteiger partial charge in [-0.1, -0.05) is 0 Å². The van der Waals surface area contributed by atoms with Gasteiger partial charge in [-0.05, 0) is 30.0 Å². The predicted octanol–water partition coefficient (Wildman–Crippen LogP) is 2.14. The molecule has 2 heterocycles. The van der Waals surface area contributed by atoms with E-state index in [-0.39, 0.29) is 5.56 Å². The van der Waals surface area contributed by atoms with E-state index in [2.05, 4.69) is 5.32 Å². The average Bonchev–Trinajstić information content (AvgIpc) is 2.97. The Labute approximate surface area is 118 Å². The standard InChI is InChI=1S/C14H14F4N2O/c15-12-2-1-8(3-11(12)14(16,17)18)13(21)20-6-9-4-19-5-10(9)7-20/h1-3,9-10,19H,4-7H2. The first kappa shape index (κ1) is 14.3. The number of benzene rings is 1. The van der Waals surface area contributed by atoms with Gasteiger partial charge in [0.1, 0.15) is 5.82 Å². The molecule has 21 heavy (non-hydrogen) atoms. The molecule has 0 saturated carbocycles. The zero-order valence-electron chi connectivity index (χ0n) is 11.1. The number of nitrogens with zero attached hydrogens (tertiary/aromatic N) is 1. The average molecular weight is 302 g/mol. The fourth-order valence-corrected chi connectivity index (χ4v) is 3.08. The Bertz CT molecular complexity index is 561. The van der Waals surface area contributed by atoms with Crippen LogP contribution in [0.3, 0.4) is 0 Å². The Morgan fingerprint density at radius 1 is 1.19 bits per heavy atom. The van der Waals surface area contributed by atoms with Gasteiger partial charge in [0, 0.05) is 31.7 Å². The van der Waals surface area contributed by atoms with Gasteiger partial charge in [0.25, 0.3) is 5.91 Å². The van der Waals surface area contributed by atoms with E-state index < -0.39 is 23.5 Å². The van der Waals surface area contributed by atoms with Gasteiger partial charge in [0.15, 0.2) is 0 Å². The monoisotopic (exact) mass is 302 g/mol. The van der Waals surface area contributed by atoms with Crippen LogP contribution in [0.1, 0.15) is 15.9 Å². The van der Waals surface area contributed by atoms with E-state index in [1.807, 2.05) is 0 Å². The highest BCUT2D eigenvalue weighted by Crippen LogP contribution is 2.33. The van der Waals surface area contributed by atoms with Crippen LogP contribution in [0.4, 0.5) is 17.6 Å². The number of halogens is 4. The molecule has 0 radical (unpaired) electrons. The number of hydrogen-bond donors (Lipinski definition) is 1. The van der Waals surface area contributed by atoms with Crippen LogP contribution >= 0.6 is 0 Å². The summed E-state index contributed by atoms with van der Waals surface area (Å²) in [4.78, 5) is 13.8. The lowest BCUT2D eigenvalue weighted by Gasteiger charge is -2.18. The van der Waals surface area contributed by atoms with Crippen LogP contribution in [0.5, 0.6) is 0 Å². The summed E-state index contributed by atoms with van der Waals surface area (Å²) in [6, 6.07) is 2.41. The largest absolute Gasteiger partial charge is 0.419 e. The number of carbonyl (C=O) groups excluding carboxylic acids is 1. The highest BCUT2D eigenvalue weighted by molar-refractivity contribution is 5.94. The van der Waals surface area contributed by atoms with Gasteiger partial charge in [-0.25, -0.2) is 4.39 Å². The third-order valence-corrected chi connectivity index (χ3v) is 4.20. The molecule has 0 aromatic heterocycles. The van der Waals surface area contributed by atoms with E-state index in [4.69, 9.17) is 0 Å². The van der Waals surface area contributed by atoms with Crippen molar-refractivity contribution in [2.75, 3.05) is 26.2 Å². The number of hydrogen-bond acceptors (Lipinski definition) is 2. The van der Waals surface area contributed by atoms with E-state index in [1.54, 1.807) is 4.90 Å². The number of likely N-dealkylation sites (tertiary alicyclic amines) is 1. The van der Waals surface area contributed by atoms with Crippen LogP contribution in [-0.4, -0.2) is 37.0 Å². The van der Waals surface area contributed by atoms with Crippen LogP contribution in [0.15, 0.2) is 18.2 Å². The molecule has 3 nitrogen and oxygen atoms in total. The van der Waals surface area contributed by atoms with Crippen molar-refractivity contribution in [3.8, 4) is 0 Å². The summed E-state index contributed by atoms with van der Waals surface area (Å²) < 4.78 is 51.3. The van der Waals surface area contributed by atoms with Crippen LogP contribution in [0.2, 0.25) is 0 Å². The van der Waals surface area contributed by atoms with Crippen molar-refractivity contribution < 1.29 is 22.4 Å². The van der Waals surface area contributed by atoms with E-state index >= 15 is 0 Å². The van der Waals surface area contributed by atoms with E-state index in [0.29, 0.717) is 37.1 Å². The number of amides is 1.